The molecule has 0 fully saturated rings. The van der Waals surface area contributed by atoms with E-state index in [1.807, 2.05) is 4.74 Å². The summed E-state index contributed by atoms with van der Waals surface area (Å²) in [7, 11) is 0.789. The standard InChI is InChI=1S/C8H6F11NO2/c1-20(2)3(21)4(9,6(12,13)14)22-8(18,19)5(10,11)7(15,16)17/h1-2H3/t4-/m1/s1. The molecule has 3 nitrogen and oxygen atoms in total. The number of hydrogen-bond donors (Lipinski definition) is 0. The highest BCUT2D eigenvalue weighted by Gasteiger charge is 2.79. The third kappa shape index (κ3) is 3.35. The molecule has 0 bridgehead atoms. The number of hydrogen-bond acceptors (Lipinski definition) is 2. The van der Waals surface area contributed by atoms with Crippen molar-refractivity contribution in [1.29, 1.82) is 0 Å². The molecular formula is C8H6F11NO2. The Kier molecular flexibility index (Phi) is 5.06. The highest BCUT2D eigenvalue weighted by atomic mass is 19.4. The van der Waals surface area contributed by atoms with E-state index in [2.05, 4.69) is 0 Å². The SMILES string of the molecule is CN(C)C(=O)[C@@](F)(OC(F)(F)C(F)(F)C(F)(F)F)C(F)(F)F. The van der Waals surface area contributed by atoms with E-state index in [9.17, 15) is 53.1 Å². The van der Waals surface area contributed by atoms with Gasteiger partial charge in [-0.3, -0.25) is 9.53 Å². The van der Waals surface area contributed by atoms with Crippen molar-refractivity contribution in [2.45, 2.75) is 30.2 Å². The Morgan fingerprint density at radius 3 is 1.36 bits per heavy atom. The molecular weight excluding hydrogens is 351 g/mol. The van der Waals surface area contributed by atoms with E-state index in [1.54, 1.807) is 0 Å². The van der Waals surface area contributed by atoms with Crippen molar-refractivity contribution < 1.29 is 57.8 Å². The maximum atomic E-state index is 13.4. The molecule has 0 unspecified atom stereocenters. The predicted molar refractivity (Wildman–Crippen MR) is 45.6 cm³/mol. The molecule has 0 saturated heterocycles. The van der Waals surface area contributed by atoms with Gasteiger partial charge in [0.15, 0.2) is 0 Å². The zero-order chi connectivity index (χ0) is 18.4. The lowest BCUT2D eigenvalue weighted by Crippen LogP contribution is -2.63. The number of carbonyl (C=O) groups excluding carboxylic acids is 1. The van der Waals surface area contributed by atoms with Gasteiger partial charge < -0.3 is 4.90 Å². The summed E-state index contributed by atoms with van der Waals surface area (Å²) in [5, 5.41) is 0. The Labute approximate surface area is 114 Å². The second kappa shape index (κ2) is 5.38. The molecule has 1 atom stereocenters. The van der Waals surface area contributed by atoms with E-state index >= 15 is 0 Å². The molecule has 0 aliphatic rings. The van der Waals surface area contributed by atoms with Crippen molar-refractivity contribution in [1.82, 2.24) is 4.90 Å². The van der Waals surface area contributed by atoms with E-state index in [0.717, 1.165) is 0 Å². The zero-order valence-corrected chi connectivity index (χ0v) is 10.4. The van der Waals surface area contributed by atoms with Crippen molar-refractivity contribution in [2.75, 3.05) is 14.1 Å². The van der Waals surface area contributed by atoms with E-state index in [0.29, 0.717) is 14.1 Å². The van der Waals surface area contributed by atoms with Crippen molar-refractivity contribution >= 4 is 5.91 Å². The van der Waals surface area contributed by atoms with Crippen LogP contribution in [-0.4, -0.2) is 55.1 Å². The van der Waals surface area contributed by atoms with Crippen LogP contribution in [-0.2, 0) is 9.53 Å². The van der Waals surface area contributed by atoms with Crippen LogP contribution < -0.4 is 0 Å². The molecule has 0 spiro atoms. The number of amides is 1. The average molecular weight is 357 g/mol. The summed E-state index contributed by atoms with van der Waals surface area (Å²) in [4.78, 5) is 10.6. The average Bonchev–Trinajstić information content (AvgIpc) is 2.23. The normalized spacial score (nSPS) is 17.1. The molecule has 22 heavy (non-hydrogen) atoms. The van der Waals surface area contributed by atoms with E-state index < -0.39 is 36.1 Å². The van der Waals surface area contributed by atoms with Crippen molar-refractivity contribution in [3.63, 3.8) is 0 Å². The minimum absolute atomic E-state index is 0.324. The highest BCUT2D eigenvalue weighted by Crippen LogP contribution is 2.51. The molecule has 0 saturated carbocycles. The summed E-state index contributed by atoms with van der Waals surface area (Å²) in [5.74, 6) is -16.3. The lowest BCUT2D eigenvalue weighted by Gasteiger charge is -2.35. The molecule has 0 N–H and O–H groups in total. The molecule has 0 aromatic heterocycles. The van der Waals surface area contributed by atoms with Gasteiger partial charge in [-0.05, 0) is 0 Å². The van der Waals surface area contributed by atoms with Crippen LogP contribution in [0.25, 0.3) is 0 Å². The maximum absolute atomic E-state index is 13.4. The topological polar surface area (TPSA) is 29.5 Å². The Morgan fingerprint density at radius 1 is 0.773 bits per heavy atom. The fourth-order valence-electron chi connectivity index (χ4n) is 0.916. The summed E-state index contributed by atoms with van der Waals surface area (Å²) in [6, 6.07) is 0. The van der Waals surface area contributed by atoms with Crippen LogP contribution in [0.5, 0.6) is 0 Å². The van der Waals surface area contributed by atoms with Crippen LogP contribution >= 0.6 is 0 Å². The summed E-state index contributed by atoms with van der Waals surface area (Å²) in [6.45, 7) is 0. The number of carbonyl (C=O) groups is 1. The first-order valence-electron chi connectivity index (χ1n) is 4.81. The number of rotatable bonds is 4. The van der Waals surface area contributed by atoms with Gasteiger partial charge in [-0.2, -0.15) is 48.3 Å². The second-order valence-electron chi connectivity index (χ2n) is 3.98. The largest absolute Gasteiger partial charge is 0.462 e. The van der Waals surface area contributed by atoms with E-state index in [4.69, 9.17) is 0 Å². The first-order chi connectivity index (χ1) is 9.31. The highest BCUT2D eigenvalue weighted by molar-refractivity contribution is 5.84. The van der Waals surface area contributed by atoms with Crippen LogP contribution in [0.1, 0.15) is 0 Å². The zero-order valence-electron chi connectivity index (χ0n) is 10.4. The van der Waals surface area contributed by atoms with Crippen molar-refractivity contribution in [2.24, 2.45) is 0 Å². The predicted octanol–water partition coefficient (Wildman–Crippen LogP) is 3.11. The molecule has 1 amide bonds. The molecule has 0 aliphatic carbocycles. The Balaban J connectivity index is 5.94. The van der Waals surface area contributed by atoms with Gasteiger partial charge in [0.25, 0.3) is 5.91 Å². The molecule has 0 heterocycles. The Hall–Kier alpha value is -1.34. The van der Waals surface area contributed by atoms with E-state index in [1.165, 1.54) is 0 Å². The summed E-state index contributed by atoms with van der Waals surface area (Å²) in [5.41, 5.74) is 0. The Morgan fingerprint density at radius 2 is 1.14 bits per heavy atom. The maximum Gasteiger partial charge on any atom is 0.462 e. The van der Waals surface area contributed by atoms with Crippen LogP contribution in [0.4, 0.5) is 48.3 Å². The molecule has 0 aromatic rings. The Bertz CT molecular complexity index is 427. The minimum Gasteiger partial charge on any atom is -0.344 e. The van der Waals surface area contributed by atoms with Crippen LogP contribution in [0, 0.1) is 0 Å². The minimum atomic E-state index is -7.19. The smallest absolute Gasteiger partial charge is 0.344 e. The molecule has 0 aromatic carbocycles. The number of halogens is 11. The van der Waals surface area contributed by atoms with Gasteiger partial charge in [0.1, 0.15) is 0 Å². The van der Waals surface area contributed by atoms with Crippen LogP contribution in [0.2, 0.25) is 0 Å². The van der Waals surface area contributed by atoms with Gasteiger partial charge in [-0.15, -0.1) is 0 Å². The van der Waals surface area contributed by atoms with Gasteiger partial charge in [0, 0.05) is 14.1 Å². The fourth-order valence-corrected chi connectivity index (χ4v) is 0.916. The van der Waals surface area contributed by atoms with Gasteiger partial charge >= 0.3 is 30.2 Å². The number of alkyl halides is 11. The molecule has 0 rings (SSSR count). The fraction of sp³-hybridized carbons (Fsp3) is 0.875. The second-order valence-corrected chi connectivity index (χ2v) is 3.98. The summed E-state index contributed by atoms with van der Waals surface area (Å²) < 4.78 is 138. The first-order valence-corrected chi connectivity index (χ1v) is 4.81. The molecule has 0 aliphatic heterocycles. The van der Waals surface area contributed by atoms with Gasteiger partial charge in [0.2, 0.25) is 0 Å². The number of ether oxygens (including phenoxy) is 1. The van der Waals surface area contributed by atoms with Crippen LogP contribution in [0.15, 0.2) is 0 Å². The first kappa shape index (κ1) is 20.7. The molecule has 132 valence electrons. The van der Waals surface area contributed by atoms with Gasteiger partial charge in [-0.25, -0.2) is 0 Å². The van der Waals surface area contributed by atoms with Gasteiger partial charge in [-0.1, -0.05) is 0 Å². The lowest BCUT2D eigenvalue weighted by molar-refractivity contribution is -0.473. The van der Waals surface area contributed by atoms with Crippen molar-refractivity contribution in [3.8, 4) is 0 Å². The quantitative estimate of drug-likeness (QED) is 0.724. The number of nitrogens with zero attached hydrogens (tertiary/aromatic N) is 1. The monoisotopic (exact) mass is 357 g/mol. The number of likely N-dealkylation sites (N-methyl/N-ethyl adjacent to an activating group) is 1. The third-order valence-electron chi connectivity index (χ3n) is 2.04. The third-order valence-corrected chi connectivity index (χ3v) is 2.04. The van der Waals surface area contributed by atoms with E-state index in [-0.39, 0.29) is 4.90 Å². The van der Waals surface area contributed by atoms with Crippen LogP contribution in [0.3, 0.4) is 0 Å². The van der Waals surface area contributed by atoms with Crippen molar-refractivity contribution in [3.05, 3.63) is 0 Å². The van der Waals surface area contributed by atoms with Gasteiger partial charge in [0.05, 0.1) is 0 Å². The summed E-state index contributed by atoms with van der Waals surface area (Å²) >= 11 is 0. The molecule has 14 heteroatoms. The summed E-state index contributed by atoms with van der Waals surface area (Å²) in [6.07, 6.45) is -20.7. The lowest BCUT2D eigenvalue weighted by atomic mass is 10.2. The molecule has 0 radical (unpaired) electrons.